The van der Waals surface area contributed by atoms with Crippen molar-refractivity contribution in [3.05, 3.63) is 0 Å². The molecule has 0 radical (unpaired) electrons. The molecule has 0 spiro atoms. The summed E-state index contributed by atoms with van der Waals surface area (Å²) in [5, 5.41) is 0. The van der Waals surface area contributed by atoms with Crippen LogP contribution in [-0.4, -0.2) is 11.8 Å². The first-order valence-corrected chi connectivity index (χ1v) is 6.99. The fraction of sp³-hybridized carbons (Fsp3) is 1.00. The van der Waals surface area contributed by atoms with Gasteiger partial charge < -0.3 is 0 Å². The summed E-state index contributed by atoms with van der Waals surface area (Å²) in [7, 11) is 0. The summed E-state index contributed by atoms with van der Waals surface area (Å²) in [5.74, 6) is 0. The van der Waals surface area contributed by atoms with Crippen molar-refractivity contribution in [2.75, 3.05) is 6.16 Å². The van der Waals surface area contributed by atoms with E-state index in [1.54, 1.807) is 0 Å². The Bertz CT molecular complexity index is 45.3. The lowest BCUT2D eigenvalue weighted by molar-refractivity contribution is 1.10. The first-order chi connectivity index (χ1) is 3.18. The average Bonchev–Trinajstić information content (AvgIpc) is 1.65. The molecule has 2 heteroatoms. The van der Waals surface area contributed by atoms with Crippen LogP contribution in [0.1, 0.15) is 20.8 Å². The van der Waals surface area contributed by atoms with Gasteiger partial charge >= 0.3 is 0 Å². The summed E-state index contributed by atoms with van der Waals surface area (Å²) in [6.45, 7) is 6.85. The third-order valence-corrected chi connectivity index (χ3v) is 7.98. The van der Waals surface area contributed by atoms with Crippen LogP contribution in [0.2, 0.25) is 0 Å². The molecule has 0 aromatic rings. The third kappa shape index (κ3) is 3.72. The van der Waals surface area contributed by atoms with Gasteiger partial charge in [-0.3, -0.25) is 0 Å². The maximum absolute atomic E-state index is 2.56. The molecule has 44 valence electrons. The highest BCUT2D eigenvalue weighted by atomic mass is 127. The lowest BCUT2D eigenvalue weighted by Gasteiger charge is -2.09. The smallest absolute Gasteiger partial charge is 0.0176 e. The second-order valence-electron chi connectivity index (χ2n) is 1.81. The third-order valence-electron chi connectivity index (χ3n) is 0.862. The van der Waals surface area contributed by atoms with Crippen LogP contribution < -0.4 is 0 Å². The summed E-state index contributed by atoms with van der Waals surface area (Å²) < 4.78 is 0. The number of rotatable bonds is 2. The van der Waals surface area contributed by atoms with E-state index in [4.69, 9.17) is 0 Å². The van der Waals surface area contributed by atoms with E-state index in [-0.39, 0.29) is 0 Å². The van der Waals surface area contributed by atoms with Crippen molar-refractivity contribution in [3.63, 3.8) is 0 Å². The molecule has 0 bridgehead atoms. The summed E-state index contributed by atoms with van der Waals surface area (Å²) >= 11 is 2.56. The van der Waals surface area contributed by atoms with Crippen LogP contribution in [0.15, 0.2) is 0 Å². The molecule has 0 N–H and O–H groups in total. The van der Waals surface area contributed by atoms with Crippen molar-refractivity contribution in [1.82, 2.24) is 0 Å². The zero-order valence-corrected chi connectivity index (χ0v) is 8.16. The Kier molecular flexibility index (Phi) is 4.76. The van der Waals surface area contributed by atoms with Crippen LogP contribution in [0.4, 0.5) is 0 Å². The van der Waals surface area contributed by atoms with Gasteiger partial charge in [0.05, 0.1) is 0 Å². The van der Waals surface area contributed by atoms with Crippen molar-refractivity contribution in [2.24, 2.45) is 0 Å². The van der Waals surface area contributed by atoms with Gasteiger partial charge in [0, 0.05) is 0 Å². The summed E-state index contributed by atoms with van der Waals surface area (Å²) in [5.41, 5.74) is 1.25. The maximum atomic E-state index is 2.56. The van der Waals surface area contributed by atoms with Crippen LogP contribution in [0.3, 0.4) is 0 Å². The molecule has 0 aromatic carbocycles. The molecule has 1 atom stereocenters. The Labute approximate surface area is 60.3 Å². The summed E-state index contributed by atoms with van der Waals surface area (Å²) in [4.78, 5) is 0. The molecule has 7 heavy (non-hydrogen) atoms. The van der Waals surface area contributed by atoms with Gasteiger partial charge in [0.15, 0.2) is 0 Å². The van der Waals surface area contributed by atoms with Crippen LogP contribution in [0.25, 0.3) is 0 Å². The molecule has 1 unspecified atom stereocenters. The SMILES string of the molecule is CCP(I)C(C)C. The van der Waals surface area contributed by atoms with E-state index in [0.717, 1.165) is 5.66 Å². The first kappa shape index (κ1) is 8.16. The maximum Gasteiger partial charge on any atom is -0.0176 e. The van der Waals surface area contributed by atoms with Crippen LogP contribution in [0.5, 0.6) is 0 Å². The Morgan fingerprint density at radius 3 is 2.00 bits per heavy atom. The highest BCUT2D eigenvalue weighted by Crippen LogP contribution is 2.48. The van der Waals surface area contributed by atoms with Crippen LogP contribution in [-0.2, 0) is 0 Å². The molecule has 0 saturated heterocycles. The molecule has 0 amide bonds. The van der Waals surface area contributed by atoms with Crippen molar-refractivity contribution in [2.45, 2.75) is 26.4 Å². The summed E-state index contributed by atoms with van der Waals surface area (Å²) in [6, 6.07) is 0. The molecule has 0 fully saturated rings. The first-order valence-electron chi connectivity index (χ1n) is 2.61. The van der Waals surface area contributed by atoms with Gasteiger partial charge in [0.25, 0.3) is 0 Å². The Morgan fingerprint density at radius 1 is 1.57 bits per heavy atom. The number of hydrogen-bond donors (Lipinski definition) is 0. The molecule has 0 nitrogen and oxygen atoms in total. The van der Waals surface area contributed by atoms with E-state index in [0.29, 0.717) is 5.56 Å². The van der Waals surface area contributed by atoms with E-state index in [1.165, 1.54) is 6.16 Å². The Hall–Kier alpha value is 1.16. The highest BCUT2D eigenvalue weighted by molar-refractivity contribution is 14.2. The van der Waals surface area contributed by atoms with Crippen molar-refractivity contribution in [3.8, 4) is 0 Å². The predicted molar refractivity (Wildman–Crippen MR) is 46.6 cm³/mol. The van der Waals surface area contributed by atoms with Crippen molar-refractivity contribution in [1.29, 1.82) is 0 Å². The van der Waals surface area contributed by atoms with E-state index < -0.39 is 0 Å². The van der Waals surface area contributed by atoms with Gasteiger partial charge in [0.2, 0.25) is 0 Å². The molecule has 0 aliphatic rings. The largest absolute Gasteiger partial charge is 0.0607 e. The van der Waals surface area contributed by atoms with E-state index in [1.807, 2.05) is 0 Å². The van der Waals surface area contributed by atoms with Gasteiger partial charge in [0.1, 0.15) is 0 Å². The van der Waals surface area contributed by atoms with E-state index in [2.05, 4.69) is 42.8 Å². The summed E-state index contributed by atoms with van der Waals surface area (Å²) in [6.07, 6.45) is 1.37. The fourth-order valence-electron chi connectivity index (χ4n) is 0.365. The zero-order chi connectivity index (χ0) is 5.86. The van der Waals surface area contributed by atoms with Gasteiger partial charge in [-0.1, -0.05) is 42.8 Å². The molecular formula is C5H12IP. The van der Waals surface area contributed by atoms with E-state index in [9.17, 15) is 0 Å². The molecule has 0 aliphatic heterocycles. The highest BCUT2D eigenvalue weighted by Gasteiger charge is 2.02. The number of hydrogen-bond acceptors (Lipinski definition) is 0. The minimum absolute atomic E-state index is 0.333. The average molecular weight is 230 g/mol. The Balaban J connectivity index is 3.14. The van der Waals surface area contributed by atoms with Gasteiger partial charge in [-0.15, -0.1) is 0 Å². The van der Waals surface area contributed by atoms with Crippen molar-refractivity contribution < 1.29 is 0 Å². The molecular weight excluding hydrogens is 218 g/mol. The fourth-order valence-corrected chi connectivity index (χ4v) is 1.10. The topological polar surface area (TPSA) is 0 Å². The van der Waals surface area contributed by atoms with Crippen LogP contribution in [0, 0.1) is 0 Å². The van der Waals surface area contributed by atoms with Gasteiger partial charge in [-0.25, -0.2) is 0 Å². The monoisotopic (exact) mass is 230 g/mol. The van der Waals surface area contributed by atoms with Gasteiger partial charge in [-0.2, -0.15) is 0 Å². The molecule has 0 aromatic heterocycles. The van der Waals surface area contributed by atoms with Crippen molar-refractivity contribution >= 4 is 27.6 Å². The standard InChI is InChI=1S/C5H12IP/c1-4-7(6)5(2)3/h5H,4H2,1-3H3. The normalized spacial score (nSPS) is 15.0. The minimum atomic E-state index is 0.333. The second-order valence-corrected chi connectivity index (χ2v) is 7.99. The van der Waals surface area contributed by atoms with E-state index >= 15 is 0 Å². The quantitative estimate of drug-likeness (QED) is 0.504. The zero-order valence-electron chi connectivity index (χ0n) is 5.11. The molecule has 0 rings (SSSR count). The Morgan fingerprint density at radius 2 is 2.00 bits per heavy atom. The lowest BCUT2D eigenvalue weighted by atomic mass is 10.6. The predicted octanol–water partition coefficient (Wildman–Crippen LogP) is 3.25. The second kappa shape index (κ2) is 4.08. The van der Waals surface area contributed by atoms with Gasteiger partial charge in [-0.05, 0) is 17.4 Å². The minimum Gasteiger partial charge on any atom is -0.0607 e. The molecule has 0 saturated carbocycles. The lowest BCUT2D eigenvalue weighted by Crippen LogP contribution is -1.86. The number of halogens is 1. The molecule has 0 aliphatic carbocycles. The van der Waals surface area contributed by atoms with Crippen LogP contribution >= 0.6 is 27.6 Å². The molecule has 0 heterocycles.